The highest BCUT2D eigenvalue weighted by Crippen LogP contribution is 2.40. The first kappa shape index (κ1) is 23.9. The van der Waals surface area contributed by atoms with Gasteiger partial charge in [-0.1, -0.05) is 6.07 Å². The van der Waals surface area contributed by atoms with Gasteiger partial charge < -0.3 is 24.4 Å². The summed E-state index contributed by atoms with van der Waals surface area (Å²) in [5.41, 5.74) is 0.981. The molecule has 1 aliphatic rings. The van der Waals surface area contributed by atoms with Gasteiger partial charge in [-0.2, -0.15) is 13.2 Å². The predicted octanol–water partition coefficient (Wildman–Crippen LogP) is 2.75. The van der Waals surface area contributed by atoms with Crippen molar-refractivity contribution >= 4 is 5.96 Å². The summed E-state index contributed by atoms with van der Waals surface area (Å²) in [7, 11) is 4.75. The van der Waals surface area contributed by atoms with Crippen LogP contribution in [0.2, 0.25) is 0 Å². The van der Waals surface area contributed by atoms with Crippen LogP contribution in [0.25, 0.3) is 0 Å². The van der Waals surface area contributed by atoms with E-state index in [1.54, 1.807) is 21.3 Å². The quantitative estimate of drug-likeness (QED) is 0.504. The number of rotatable bonds is 8. The van der Waals surface area contributed by atoms with Gasteiger partial charge in [-0.3, -0.25) is 9.89 Å². The number of hydrogen-bond acceptors (Lipinski definition) is 5. The normalized spacial score (nSPS) is 15.8. The Kier molecular flexibility index (Phi) is 8.88. The van der Waals surface area contributed by atoms with Crippen LogP contribution in [0.5, 0.6) is 17.2 Å². The molecule has 0 radical (unpaired) electrons. The maximum absolute atomic E-state index is 12.4. The van der Waals surface area contributed by atoms with Gasteiger partial charge in [0.25, 0.3) is 0 Å². The molecule has 2 rings (SSSR count). The summed E-state index contributed by atoms with van der Waals surface area (Å²) in [6.07, 6.45) is -5.11. The van der Waals surface area contributed by atoms with Gasteiger partial charge in [0.05, 0.1) is 34.3 Å². The molecule has 0 unspecified atom stereocenters. The van der Waals surface area contributed by atoms with Crippen molar-refractivity contribution in [2.75, 3.05) is 60.6 Å². The Balaban J connectivity index is 2.00. The van der Waals surface area contributed by atoms with Crippen LogP contribution in [0, 0.1) is 0 Å². The van der Waals surface area contributed by atoms with Crippen molar-refractivity contribution in [1.82, 2.24) is 15.1 Å². The highest BCUT2D eigenvalue weighted by atomic mass is 19.4. The SMILES string of the molecule is CCNC(=NCCC(F)(F)F)N1CCN(Cc2ccc(OC)c(OC)c2OC)CC1. The van der Waals surface area contributed by atoms with Crippen molar-refractivity contribution in [3.8, 4) is 17.2 Å². The predicted molar refractivity (Wildman–Crippen MR) is 110 cm³/mol. The molecule has 1 aromatic rings. The topological polar surface area (TPSA) is 58.6 Å². The average Bonchev–Trinajstić information content (AvgIpc) is 2.72. The van der Waals surface area contributed by atoms with Crippen molar-refractivity contribution < 1.29 is 27.4 Å². The van der Waals surface area contributed by atoms with Crippen molar-refractivity contribution in [3.63, 3.8) is 0 Å². The monoisotopic (exact) mass is 432 g/mol. The first-order valence-corrected chi connectivity index (χ1v) is 9.93. The Morgan fingerprint density at radius 3 is 2.23 bits per heavy atom. The van der Waals surface area contributed by atoms with Crippen molar-refractivity contribution in [2.24, 2.45) is 4.99 Å². The van der Waals surface area contributed by atoms with Gasteiger partial charge in [0.1, 0.15) is 0 Å². The molecule has 1 fully saturated rings. The number of guanidine groups is 1. The summed E-state index contributed by atoms with van der Waals surface area (Å²) in [5, 5.41) is 3.09. The molecule has 0 spiro atoms. The number of benzene rings is 1. The minimum absolute atomic E-state index is 0.269. The number of aliphatic imine (C=N–C) groups is 1. The van der Waals surface area contributed by atoms with Crippen molar-refractivity contribution in [1.29, 1.82) is 0 Å². The third-order valence-electron chi connectivity index (χ3n) is 4.84. The fraction of sp³-hybridized carbons (Fsp3) is 0.650. The summed E-state index contributed by atoms with van der Waals surface area (Å²) in [6.45, 7) is 5.75. The lowest BCUT2D eigenvalue weighted by Gasteiger charge is -2.36. The number of nitrogens with one attached hydrogen (secondary N) is 1. The zero-order chi connectivity index (χ0) is 22.1. The molecule has 1 saturated heterocycles. The van der Waals surface area contributed by atoms with E-state index in [0.29, 0.717) is 49.4 Å². The summed E-state index contributed by atoms with van der Waals surface area (Å²) < 4.78 is 53.6. The second kappa shape index (κ2) is 11.1. The van der Waals surface area contributed by atoms with E-state index in [0.717, 1.165) is 18.7 Å². The fourth-order valence-corrected chi connectivity index (χ4v) is 3.36. The number of piperazine rings is 1. The molecule has 1 aromatic carbocycles. The molecular weight excluding hydrogens is 401 g/mol. The maximum Gasteiger partial charge on any atom is 0.390 e. The number of hydrogen-bond donors (Lipinski definition) is 1. The van der Waals surface area contributed by atoms with Crippen LogP contribution < -0.4 is 19.5 Å². The Morgan fingerprint density at radius 1 is 1.03 bits per heavy atom. The summed E-state index contributed by atoms with van der Waals surface area (Å²) >= 11 is 0. The summed E-state index contributed by atoms with van der Waals surface area (Å²) in [4.78, 5) is 8.41. The molecule has 7 nitrogen and oxygen atoms in total. The number of nitrogens with zero attached hydrogens (tertiary/aromatic N) is 3. The first-order valence-electron chi connectivity index (χ1n) is 9.93. The van der Waals surface area contributed by atoms with E-state index in [4.69, 9.17) is 14.2 Å². The first-order chi connectivity index (χ1) is 14.3. The van der Waals surface area contributed by atoms with Crippen molar-refractivity contribution in [2.45, 2.75) is 26.1 Å². The molecule has 170 valence electrons. The van der Waals surface area contributed by atoms with Gasteiger partial charge in [-0.15, -0.1) is 0 Å². The third-order valence-corrected chi connectivity index (χ3v) is 4.84. The number of halogens is 3. The molecule has 0 aliphatic carbocycles. The van der Waals surface area contributed by atoms with Gasteiger partial charge in [0.15, 0.2) is 17.5 Å². The van der Waals surface area contributed by atoms with Gasteiger partial charge in [0, 0.05) is 44.8 Å². The van der Waals surface area contributed by atoms with Gasteiger partial charge in [-0.25, -0.2) is 0 Å². The maximum atomic E-state index is 12.4. The summed E-state index contributed by atoms with van der Waals surface area (Å²) in [5.74, 6) is 2.34. The standard InChI is InChI=1S/C20H31F3N4O3/c1-5-24-19(25-9-8-20(21,22)23)27-12-10-26(11-13-27)14-15-6-7-16(28-2)18(30-4)17(15)29-3/h6-7H,5,8-14H2,1-4H3,(H,24,25). The average molecular weight is 432 g/mol. The van der Waals surface area contributed by atoms with E-state index < -0.39 is 12.6 Å². The Labute approximate surface area is 175 Å². The second-order valence-corrected chi connectivity index (χ2v) is 6.86. The highest BCUT2D eigenvalue weighted by molar-refractivity contribution is 5.80. The van der Waals surface area contributed by atoms with Crippen LogP contribution in [0.15, 0.2) is 17.1 Å². The lowest BCUT2D eigenvalue weighted by atomic mass is 10.1. The van der Waals surface area contributed by atoms with E-state index in [2.05, 4.69) is 15.2 Å². The molecule has 0 amide bonds. The molecular formula is C20H31F3N4O3. The molecule has 1 N–H and O–H groups in total. The Bertz CT molecular complexity index is 705. The molecule has 0 bridgehead atoms. The highest BCUT2D eigenvalue weighted by Gasteiger charge is 2.27. The number of alkyl halides is 3. The lowest BCUT2D eigenvalue weighted by molar-refractivity contribution is -0.132. The van der Waals surface area contributed by atoms with E-state index in [-0.39, 0.29) is 6.54 Å². The number of methoxy groups -OCH3 is 3. The molecule has 30 heavy (non-hydrogen) atoms. The molecule has 1 aliphatic heterocycles. The van der Waals surface area contributed by atoms with E-state index >= 15 is 0 Å². The Hall–Kier alpha value is -2.36. The zero-order valence-electron chi connectivity index (χ0n) is 18.0. The van der Waals surface area contributed by atoms with Crippen molar-refractivity contribution in [3.05, 3.63) is 17.7 Å². The third kappa shape index (κ3) is 6.58. The Morgan fingerprint density at radius 2 is 1.70 bits per heavy atom. The zero-order valence-corrected chi connectivity index (χ0v) is 18.0. The fourth-order valence-electron chi connectivity index (χ4n) is 3.36. The van der Waals surface area contributed by atoms with Crippen LogP contribution in [0.4, 0.5) is 13.2 Å². The van der Waals surface area contributed by atoms with E-state index in [9.17, 15) is 13.2 Å². The minimum Gasteiger partial charge on any atom is -0.493 e. The largest absolute Gasteiger partial charge is 0.493 e. The minimum atomic E-state index is -4.20. The van der Waals surface area contributed by atoms with Crippen LogP contribution in [-0.4, -0.2) is 82.5 Å². The van der Waals surface area contributed by atoms with Gasteiger partial charge in [-0.05, 0) is 13.0 Å². The van der Waals surface area contributed by atoms with Gasteiger partial charge >= 0.3 is 6.18 Å². The van der Waals surface area contributed by atoms with Crippen LogP contribution in [0.3, 0.4) is 0 Å². The van der Waals surface area contributed by atoms with Gasteiger partial charge in [0.2, 0.25) is 5.75 Å². The number of ether oxygens (including phenoxy) is 3. The van der Waals surface area contributed by atoms with E-state index in [1.807, 2.05) is 24.0 Å². The second-order valence-electron chi connectivity index (χ2n) is 6.86. The van der Waals surface area contributed by atoms with Crippen LogP contribution >= 0.6 is 0 Å². The van der Waals surface area contributed by atoms with Crippen LogP contribution in [-0.2, 0) is 6.54 Å². The lowest BCUT2D eigenvalue weighted by Crippen LogP contribution is -2.52. The smallest absolute Gasteiger partial charge is 0.390 e. The van der Waals surface area contributed by atoms with Crippen LogP contribution in [0.1, 0.15) is 18.9 Å². The molecule has 10 heteroatoms. The molecule has 0 atom stereocenters. The molecule has 0 saturated carbocycles. The molecule has 0 aromatic heterocycles. The van der Waals surface area contributed by atoms with E-state index in [1.165, 1.54) is 0 Å². The molecule has 1 heterocycles. The summed E-state index contributed by atoms with van der Waals surface area (Å²) in [6, 6.07) is 3.80.